The zero-order valence-corrected chi connectivity index (χ0v) is 17.3. The van der Waals surface area contributed by atoms with Crippen molar-refractivity contribution in [3.8, 4) is 0 Å². The number of anilines is 1. The van der Waals surface area contributed by atoms with E-state index >= 15 is 0 Å². The first-order chi connectivity index (χ1) is 12.4. The molecule has 0 fully saturated rings. The van der Waals surface area contributed by atoms with Gasteiger partial charge in [0.25, 0.3) is 0 Å². The van der Waals surface area contributed by atoms with E-state index in [9.17, 15) is 9.00 Å². The lowest BCUT2D eigenvalue weighted by Gasteiger charge is -2.12. The van der Waals surface area contributed by atoms with Gasteiger partial charge in [0.2, 0.25) is 0 Å². The van der Waals surface area contributed by atoms with Crippen molar-refractivity contribution >= 4 is 44.1 Å². The quantitative estimate of drug-likeness (QED) is 0.689. The Hall–Kier alpha value is -1.92. The maximum Gasteiger partial charge on any atom is 0.338 e. The third kappa shape index (κ3) is 3.76. The summed E-state index contributed by atoms with van der Waals surface area (Å²) in [7, 11) is -1.40. The summed E-state index contributed by atoms with van der Waals surface area (Å²) in [4.78, 5) is 13.0. The first kappa shape index (κ1) is 18.9. The minimum absolute atomic E-state index is 0.309. The Bertz CT molecular complexity index is 919. The number of ether oxygens (including phenoxy) is 1. The molecule has 1 unspecified atom stereocenters. The van der Waals surface area contributed by atoms with Gasteiger partial charge in [0, 0.05) is 4.47 Å². The molecule has 0 saturated carbocycles. The van der Waals surface area contributed by atoms with Crippen molar-refractivity contribution in [1.29, 1.82) is 0 Å². The molecular formula is C20H20BrNO3S. The Morgan fingerprint density at radius 1 is 1.23 bits per heavy atom. The molecule has 0 aromatic heterocycles. The Morgan fingerprint density at radius 2 is 1.92 bits per heavy atom. The maximum absolute atomic E-state index is 12.6. The molecule has 0 radical (unpaired) electrons. The fraction of sp³-hybridized carbons (Fsp3) is 0.250. The number of hydrogen-bond acceptors (Lipinski definition) is 3. The van der Waals surface area contributed by atoms with Crippen LogP contribution in [0.1, 0.15) is 30.5 Å². The minimum Gasteiger partial charge on any atom is -0.462 e. The van der Waals surface area contributed by atoms with Crippen molar-refractivity contribution in [2.24, 2.45) is 0 Å². The number of benzene rings is 2. The molecule has 2 aromatic rings. The summed E-state index contributed by atoms with van der Waals surface area (Å²) in [6.07, 6.45) is 0.712. The topological polar surface area (TPSA) is 55.4 Å². The van der Waals surface area contributed by atoms with Crippen LogP contribution >= 0.6 is 15.9 Å². The van der Waals surface area contributed by atoms with Gasteiger partial charge in [-0.3, -0.25) is 4.72 Å². The third-order valence-corrected chi connectivity index (χ3v) is 6.02. The average molecular weight is 434 g/mol. The van der Waals surface area contributed by atoms with E-state index in [1.165, 1.54) is 0 Å². The second-order valence-corrected chi connectivity index (χ2v) is 8.29. The fourth-order valence-corrected chi connectivity index (χ4v) is 4.47. The van der Waals surface area contributed by atoms with Crippen LogP contribution in [0.25, 0.3) is 5.57 Å². The minimum atomic E-state index is -1.40. The first-order valence-corrected chi connectivity index (χ1v) is 10.3. The molecule has 0 bridgehead atoms. The second-order valence-electron chi connectivity index (χ2n) is 6.23. The van der Waals surface area contributed by atoms with Gasteiger partial charge in [-0.2, -0.15) is 0 Å². The number of halogens is 1. The van der Waals surface area contributed by atoms with E-state index in [-0.39, 0.29) is 5.97 Å². The number of nitrogens with one attached hydrogen (secondary N) is 1. The summed E-state index contributed by atoms with van der Waals surface area (Å²) in [5.74, 6) is -0.309. The Balaban J connectivity index is 1.92. The number of esters is 1. The summed E-state index contributed by atoms with van der Waals surface area (Å²) in [5, 5.41) is 0. The summed E-state index contributed by atoms with van der Waals surface area (Å²) >= 11 is 3.54. The molecule has 4 nitrogen and oxygen atoms in total. The Morgan fingerprint density at radius 3 is 2.58 bits per heavy atom. The number of fused-ring (bicyclic) bond motifs is 1. The zero-order chi connectivity index (χ0) is 18.8. The molecule has 6 heteroatoms. The van der Waals surface area contributed by atoms with E-state index in [1.54, 1.807) is 6.92 Å². The lowest BCUT2D eigenvalue weighted by Crippen LogP contribution is -2.08. The highest BCUT2D eigenvalue weighted by Gasteiger charge is 2.27. The molecule has 3 rings (SSSR count). The lowest BCUT2D eigenvalue weighted by molar-refractivity contribution is -0.136. The standard InChI is InChI=1S/C20H20BrNO3S/c1-4-25-20(23)19-13(3)9-14-10-17(21)18(11-16(14)19)22-26(24)15-7-5-12(2)6-8-15/h5-8,10-11,22H,4,9H2,1-3H3. The molecule has 1 atom stereocenters. The van der Waals surface area contributed by atoms with Crippen LogP contribution in [0, 0.1) is 6.92 Å². The van der Waals surface area contributed by atoms with Gasteiger partial charge < -0.3 is 4.74 Å². The molecule has 0 aliphatic heterocycles. The van der Waals surface area contributed by atoms with Crippen LogP contribution in [0.3, 0.4) is 0 Å². The highest BCUT2D eigenvalue weighted by molar-refractivity contribution is 9.10. The maximum atomic E-state index is 12.6. The van der Waals surface area contributed by atoms with Crippen LogP contribution in [0.2, 0.25) is 0 Å². The molecule has 136 valence electrons. The summed E-state index contributed by atoms with van der Waals surface area (Å²) in [6, 6.07) is 11.4. The first-order valence-electron chi connectivity index (χ1n) is 8.35. The van der Waals surface area contributed by atoms with E-state index in [2.05, 4.69) is 20.7 Å². The normalized spacial score (nSPS) is 14.2. The molecule has 1 aliphatic carbocycles. The average Bonchev–Trinajstić information content (AvgIpc) is 2.90. The van der Waals surface area contributed by atoms with Gasteiger partial charge >= 0.3 is 5.97 Å². The summed E-state index contributed by atoms with van der Waals surface area (Å²) < 4.78 is 21.7. The van der Waals surface area contributed by atoms with Crippen molar-refractivity contribution in [1.82, 2.24) is 0 Å². The van der Waals surface area contributed by atoms with Crippen LogP contribution < -0.4 is 4.72 Å². The predicted molar refractivity (Wildman–Crippen MR) is 108 cm³/mol. The van der Waals surface area contributed by atoms with Gasteiger partial charge in [0.15, 0.2) is 0 Å². The van der Waals surface area contributed by atoms with Crippen LogP contribution in [-0.2, 0) is 26.9 Å². The number of hydrogen-bond donors (Lipinski definition) is 1. The fourth-order valence-electron chi connectivity index (χ4n) is 2.98. The smallest absolute Gasteiger partial charge is 0.338 e. The SMILES string of the molecule is CCOC(=O)C1=C(C)Cc2cc(Br)c(NS(=O)c3ccc(C)cc3)cc21. The van der Waals surface area contributed by atoms with E-state index in [0.29, 0.717) is 29.2 Å². The van der Waals surface area contributed by atoms with Crippen molar-refractivity contribution in [2.75, 3.05) is 11.3 Å². The summed E-state index contributed by atoms with van der Waals surface area (Å²) in [5.41, 5.74) is 5.29. The molecule has 26 heavy (non-hydrogen) atoms. The van der Waals surface area contributed by atoms with Gasteiger partial charge in [0.05, 0.1) is 22.8 Å². The highest BCUT2D eigenvalue weighted by Crippen LogP contribution is 2.39. The number of rotatable bonds is 5. The van der Waals surface area contributed by atoms with Crippen molar-refractivity contribution in [3.63, 3.8) is 0 Å². The van der Waals surface area contributed by atoms with Gasteiger partial charge in [-0.05, 0) is 78.5 Å². The van der Waals surface area contributed by atoms with Crippen LogP contribution in [0.4, 0.5) is 5.69 Å². The monoisotopic (exact) mass is 433 g/mol. The van der Waals surface area contributed by atoms with Crippen LogP contribution in [0.15, 0.2) is 51.3 Å². The van der Waals surface area contributed by atoms with Gasteiger partial charge in [-0.25, -0.2) is 9.00 Å². The number of aryl methyl sites for hydroxylation is 1. The molecule has 1 N–H and O–H groups in total. The molecule has 0 heterocycles. The number of allylic oxidation sites excluding steroid dienone is 1. The van der Waals surface area contributed by atoms with Gasteiger partial charge in [0.1, 0.15) is 11.0 Å². The van der Waals surface area contributed by atoms with E-state index in [1.807, 2.05) is 50.2 Å². The van der Waals surface area contributed by atoms with Crippen LogP contribution in [0.5, 0.6) is 0 Å². The molecule has 2 aromatic carbocycles. The van der Waals surface area contributed by atoms with Crippen molar-refractivity contribution in [2.45, 2.75) is 32.1 Å². The lowest BCUT2D eigenvalue weighted by atomic mass is 10.0. The number of carbonyl (C=O) groups excluding carboxylic acids is 1. The third-order valence-electron chi connectivity index (χ3n) is 4.26. The van der Waals surface area contributed by atoms with E-state index < -0.39 is 11.0 Å². The number of carbonyl (C=O) groups is 1. The highest BCUT2D eigenvalue weighted by atomic mass is 79.9. The van der Waals surface area contributed by atoms with E-state index in [4.69, 9.17) is 4.74 Å². The van der Waals surface area contributed by atoms with E-state index in [0.717, 1.165) is 26.7 Å². The molecule has 0 amide bonds. The summed E-state index contributed by atoms with van der Waals surface area (Å²) in [6.45, 7) is 6.06. The predicted octanol–water partition coefficient (Wildman–Crippen LogP) is 4.78. The van der Waals surface area contributed by atoms with Crippen molar-refractivity contribution < 1.29 is 13.7 Å². The largest absolute Gasteiger partial charge is 0.462 e. The van der Waals surface area contributed by atoms with Crippen molar-refractivity contribution in [3.05, 3.63) is 63.1 Å². The molecule has 0 spiro atoms. The van der Waals surface area contributed by atoms with Gasteiger partial charge in [-0.1, -0.05) is 23.3 Å². The zero-order valence-electron chi connectivity index (χ0n) is 14.9. The van der Waals surface area contributed by atoms with Crippen LogP contribution in [-0.4, -0.2) is 16.8 Å². The molecular weight excluding hydrogens is 414 g/mol. The van der Waals surface area contributed by atoms with Gasteiger partial charge in [-0.15, -0.1) is 0 Å². The Labute approximate surface area is 164 Å². The second kappa shape index (κ2) is 7.76. The molecule has 1 aliphatic rings. The molecule has 0 saturated heterocycles. The Kier molecular flexibility index (Phi) is 5.63.